The molecule has 0 aliphatic carbocycles. The minimum absolute atomic E-state index is 0.0372. The standard InChI is InChI=1S/C17H18BrN5OS/c1-11-8-12(2)23-16(19-11)20-21-17(23)25-10-15(24)22(3)9-13-6-4-5-7-14(13)18/h4-8H,9-10H2,1-3H3. The van der Waals surface area contributed by atoms with Crippen LogP contribution in [0.2, 0.25) is 0 Å². The first kappa shape index (κ1) is 17.9. The molecule has 130 valence electrons. The van der Waals surface area contributed by atoms with Crippen molar-refractivity contribution in [1.82, 2.24) is 24.5 Å². The van der Waals surface area contributed by atoms with E-state index < -0.39 is 0 Å². The number of thioether (sulfide) groups is 1. The van der Waals surface area contributed by atoms with Crippen molar-refractivity contribution >= 4 is 39.4 Å². The third kappa shape index (κ3) is 4.01. The summed E-state index contributed by atoms with van der Waals surface area (Å²) >= 11 is 4.89. The molecule has 3 aromatic rings. The number of aryl methyl sites for hydroxylation is 2. The largest absolute Gasteiger partial charge is 0.341 e. The third-order valence-corrected chi connectivity index (χ3v) is 5.47. The maximum atomic E-state index is 12.4. The van der Waals surface area contributed by atoms with Gasteiger partial charge < -0.3 is 4.90 Å². The molecule has 2 heterocycles. The van der Waals surface area contributed by atoms with Crippen molar-refractivity contribution in [3.05, 3.63) is 51.8 Å². The number of rotatable bonds is 5. The number of hydrogen-bond acceptors (Lipinski definition) is 5. The molecular weight excluding hydrogens is 402 g/mol. The van der Waals surface area contributed by atoms with E-state index in [0.29, 0.717) is 23.2 Å². The fourth-order valence-electron chi connectivity index (χ4n) is 2.50. The average Bonchev–Trinajstić information content (AvgIpc) is 2.97. The molecule has 0 aliphatic heterocycles. The number of carbonyl (C=O) groups excluding carboxylic acids is 1. The van der Waals surface area contributed by atoms with Crippen LogP contribution in [0, 0.1) is 13.8 Å². The van der Waals surface area contributed by atoms with Gasteiger partial charge in [0, 0.05) is 29.5 Å². The first-order valence-electron chi connectivity index (χ1n) is 7.75. The smallest absolute Gasteiger partial charge is 0.256 e. The van der Waals surface area contributed by atoms with Gasteiger partial charge in [-0.2, -0.15) is 0 Å². The highest BCUT2D eigenvalue weighted by atomic mass is 79.9. The van der Waals surface area contributed by atoms with Gasteiger partial charge in [0.25, 0.3) is 5.78 Å². The van der Waals surface area contributed by atoms with Gasteiger partial charge in [0.2, 0.25) is 5.91 Å². The number of fused-ring (bicyclic) bond motifs is 1. The lowest BCUT2D eigenvalue weighted by atomic mass is 10.2. The molecule has 6 nitrogen and oxygen atoms in total. The van der Waals surface area contributed by atoms with E-state index in [1.54, 1.807) is 11.9 Å². The number of aromatic nitrogens is 4. The van der Waals surface area contributed by atoms with Gasteiger partial charge in [0.1, 0.15) is 0 Å². The van der Waals surface area contributed by atoms with Crippen LogP contribution < -0.4 is 0 Å². The van der Waals surface area contributed by atoms with Crippen LogP contribution in [0.15, 0.2) is 40.0 Å². The van der Waals surface area contributed by atoms with Crippen molar-refractivity contribution in [2.75, 3.05) is 12.8 Å². The highest BCUT2D eigenvalue weighted by molar-refractivity contribution is 9.10. The number of hydrogen-bond donors (Lipinski definition) is 0. The molecule has 0 bridgehead atoms. The maximum Gasteiger partial charge on any atom is 0.256 e. The zero-order valence-electron chi connectivity index (χ0n) is 14.2. The first-order chi connectivity index (χ1) is 12.0. The van der Waals surface area contributed by atoms with E-state index in [1.165, 1.54) is 11.8 Å². The summed E-state index contributed by atoms with van der Waals surface area (Å²) < 4.78 is 2.88. The molecule has 1 aromatic carbocycles. The number of carbonyl (C=O) groups is 1. The molecule has 0 saturated heterocycles. The predicted molar refractivity (Wildman–Crippen MR) is 102 cm³/mol. The predicted octanol–water partition coefficient (Wildman–Crippen LogP) is 3.25. The Kier molecular flexibility index (Phi) is 5.39. The quantitative estimate of drug-likeness (QED) is 0.593. The van der Waals surface area contributed by atoms with E-state index in [0.717, 1.165) is 21.4 Å². The van der Waals surface area contributed by atoms with Gasteiger partial charge in [-0.1, -0.05) is 45.9 Å². The topological polar surface area (TPSA) is 63.4 Å². The van der Waals surface area contributed by atoms with Crippen molar-refractivity contribution in [2.24, 2.45) is 0 Å². The zero-order chi connectivity index (χ0) is 18.0. The fourth-order valence-corrected chi connectivity index (χ4v) is 3.84. The molecule has 0 spiro atoms. The lowest BCUT2D eigenvalue weighted by molar-refractivity contribution is -0.127. The number of halogens is 1. The second-order valence-corrected chi connectivity index (χ2v) is 7.58. The van der Waals surface area contributed by atoms with Crippen LogP contribution >= 0.6 is 27.7 Å². The van der Waals surface area contributed by atoms with Crippen LogP contribution in [0.25, 0.3) is 5.78 Å². The fraction of sp³-hybridized carbons (Fsp3) is 0.294. The molecule has 0 saturated carbocycles. The van der Waals surface area contributed by atoms with Crippen molar-refractivity contribution in [2.45, 2.75) is 25.5 Å². The Labute approximate surface area is 158 Å². The summed E-state index contributed by atoms with van der Waals surface area (Å²) in [5.74, 6) is 0.902. The lowest BCUT2D eigenvalue weighted by Crippen LogP contribution is -2.28. The average molecular weight is 420 g/mol. The molecule has 0 radical (unpaired) electrons. The molecule has 3 rings (SSSR count). The monoisotopic (exact) mass is 419 g/mol. The molecular formula is C17H18BrN5OS. The normalized spacial score (nSPS) is 11.0. The summed E-state index contributed by atoms with van der Waals surface area (Å²) in [5.41, 5.74) is 2.98. The number of benzene rings is 1. The van der Waals surface area contributed by atoms with Gasteiger partial charge in [-0.05, 0) is 31.5 Å². The highest BCUT2D eigenvalue weighted by Gasteiger charge is 2.15. The first-order valence-corrected chi connectivity index (χ1v) is 9.53. The summed E-state index contributed by atoms with van der Waals surface area (Å²) in [6.45, 7) is 4.46. The minimum atomic E-state index is 0.0372. The highest BCUT2D eigenvalue weighted by Crippen LogP contribution is 2.20. The van der Waals surface area contributed by atoms with E-state index in [-0.39, 0.29) is 5.91 Å². The summed E-state index contributed by atoms with van der Waals surface area (Å²) in [6.07, 6.45) is 0. The van der Waals surface area contributed by atoms with Crippen LogP contribution in [0.3, 0.4) is 0 Å². The van der Waals surface area contributed by atoms with Crippen molar-refractivity contribution in [3.8, 4) is 0 Å². The number of amides is 1. The zero-order valence-corrected chi connectivity index (χ0v) is 16.6. The van der Waals surface area contributed by atoms with Gasteiger partial charge in [0.15, 0.2) is 5.16 Å². The van der Waals surface area contributed by atoms with Crippen LogP contribution in [-0.4, -0.2) is 43.2 Å². The molecule has 2 aromatic heterocycles. The van der Waals surface area contributed by atoms with Crippen LogP contribution in [0.5, 0.6) is 0 Å². The second-order valence-electron chi connectivity index (χ2n) is 5.79. The third-order valence-electron chi connectivity index (χ3n) is 3.78. The number of nitrogens with zero attached hydrogens (tertiary/aromatic N) is 5. The van der Waals surface area contributed by atoms with E-state index in [4.69, 9.17) is 0 Å². The Morgan fingerprint density at radius 2 is 2.04 bits per heavy atom. The SMILES string of the molecule is Cc1cc(C)n2c(SCC(=O)N(C)Cc3ccccc3Br)nnc2n1. The Morgan fingerprint density at radius 1 is 1.28 bits per heavy atom. The Hall–Kier alpha value is -1.93. The Morgan fingerprint density at radius 3 is 2.80 bits per heavy atom. The maximum absolute atomic E-state index is 12.4. The Balaban J connectivity index is 1.67. The van der Waals surface area contributed by atoms with Crippen molar-refractivity contribution in [3.63, 3.8) is 0 Å². The van der Waals surface area contributed by atoms with Crippen molar-refractivity contribution < 1.29 is 4.79 Å². The Bertz CT molecular complexity index is 927. The molecule has 8 heteroatoms. The van der Waals surface area contributed by atoms with Crippen LogP contribution in [0.1, 0.15) is 17.0 Å². The second kappa shape index (κ2) is 7.53. The van der Waals surface area contributed by atoms with Gasteiger partial charge in [-0.25, -0.2) is 4.98 Å². The van der Waals surface area contributed by atoms with Crippen LogP contribution in [-0.2, 0) is 11.3 Å². The molecule has 1 amide bonds. The van der Waals surface area contributed by atoms with E-state index in [1.807, 2.05) is 48.6 Å². The minimum Gasteiger partial charge on any atom is -0.341 e. The van der Waals surface area contributed by atoms with E-state index in [9.17, 15) is 4.79 Å². The van der Waals surface area contributed by atoms with E-state index >= 15 is 0 Å². The summed E-state index contributed by atoms with van der Waals surface area (Å²) in [4.78, 5) is 18.5. The molecule has 0 N–H and O–H groups in total. The molecule has 0 atom stereocenters. The van der Waals surface area contributed by atoms with Crippen molar-refractivity contribution in [1.29, 1.82) is 0 Å². The summed E-state index contributed by atoms with van der Waals surface area (Å²) in [6, 6.07) is 9.88. The van der Waals surface area contributed by atoms with Gasteiger partial charge >= 0.3 is 0 Å². The van der Waals surface area contributed by atoms with Gasteiger partial charge in [-0.3, -0.25) is 9.20 Å². The lowest BCUT2D eigenvalue weighted by Gasteiger charge is -2.17. The summed E-state index contributed by atoms with van der Waals surface area (Å²) in [5, 5.41) is 8.94. The summed E-state index contributed by atoms with van der Waals surface area (Å²) in [7, 11) is 1.81. The van der Waals surface area contributed by atoms with Crippen LogP contribution in [0.4, 0.5) is 0 Å². The van der Waals surface area contributed by atoms with E-state index in [2.05, 4.69) is 31.1 Å². The molecule has 0 fully saturated rings. The molecule has 0 unspecified atom stereocenters. The molecule has 0 aliphatic rings. The van der Waals surface area contributed by atoms with Gasteiger partial charge in [-0.15, -0.1) is 10.2 Å². The van der Waals surface area contributed by atoms with Gasteiger partial charge in [0.05, 0.1) is 5.75 Å². The molecule has 25 heavy (non-hydrogen) atoms.